The molecule has 2 aromatic heterocycles. The second-order valence-corrected chi connectivity index (χ2v) is 20.6. The summed E-state index contributed by atoms with van der Waals surface area (Å²) in [5.41, 5.74) is 4.64. The first-order valence-electron chi connectivity index (χ1n) is 21.4. The number of allylic oxidation sites excluding steroid dienone is 1. The van der Waals surface area contributed by atoms with Gasteiger partial charge in [0.15, 0.2) is 0 Å². The van der Waals surface area contributed by atoms with E-state index in [1.54, 1.807) is 50.4 Å². The van der Waals surface area contributed by atoms with Gasteiger partial charge in [-0.2, -0.15) is 18.4 Å². The van der Waals surface area contributed by atoms with E-state index in [9.17, 15) is 23.2 Å². The smallest absolute Gasteiger partial charge is 0.415 e. The molecule has 2 fully saturated rings. The van der Waals surface area contributed by atoms with Crippen molar-refractivity contribution in [2.75, 3.05) is 62.4 Å². The molecule has 0 unspecified atom stereocenters. The van der Waals surface area contributed by atoms with Gasteiger partial charge in [0, 0.05) is 45.2 Å². The van der Waals surface area contributed by atoms with E-state index < -0.39 is 23.7 Å². The molecule has 0 spiro atoms. The number of carbonyl (C=O) groups is 1. The lowest BCUT2D eigenvalue weighted by atomic mass is 9.91. The van der Waals surface area contributed by atoms with Gasteiger partial charge in [-0.1, -0.05) is 29.1 Å². The minimum atomic E-state index is -4.42. The van der Waals surface area contributed by atoms with Crippen LogP contribution in [0.5, 0.6) is 0 Å². The Morgan fingerprint density at radius 1 is 0.969 bits per heavy atom. The fraction of sp³-hybridized carbons (Fsp3) is 0.479. The van der Waals surface area contributed by atoms with Crippen molar-refractivity contribution in [1.82, 2.24) is 19.4 Å². The second-order valence-electron chi connectivity index (χ2n) is 18.3. The summed E-state index contributed by atoms with van der Waals surface area (Å²) >= 11 is 15.1. The molecule has 0 saturated carbocycles. The molecule has 342 valence electrons. The Morgan fingerprint density at radius 3 is 2.23 bits per heavy atom. The summed E-state index contributed by atoms with van der Waals surface area (Å²) in [7, 11) is 4.20. The number of likely N-dealkylation sites (tertiary alicyclic amines) is 2. The molecule has 2 aliphatic heterocycles. The average molecular weight is 1030 g/mol. The van der Waals surface area contributed by atoms with Crippen LogP contribution in [-0.4, -0.2) is 96.1 Å². The number of fused-ring (bicyclic) bond motifs is 2. The molecule has 10 nitrogen and oxygen atoms in total. The third-order valence-corrected chi connectivity index (χ3v) is 12.6. The Labute approximate surface area is 398 Å². The van der Waals surface area contributed by atoms with Crippen LogP contribution in [0.1, 0.15) is 82.8 Å². The van der Waals surface area contributed by atoms with Crippen LogP contribution in [0.3, 0.4) is 0 Å². The number of ether oxygens (including phenoxy) is 1. The summed E-state index contributed by atoms with van der Waals surface area (Å²) < 4.78 is 48.8. The maximum Gasteiger partial charge on any atom is 0.415 e. The van der Waals surface area contributed by atoms with Gasteiger partial charge in [0.1, 0.15) is 12.1 Å². The number of hydrogen-bond acceptors (Lipinski definition) is 8. The molecule has 0 atom stereocenters. The number of nitriles is 1. The van der Waals surface area contributed by atoms with Gasteiger partial charge in [0.2, 0.25) is 0 Å². The predicted molar refractivity (Wildman–Crippen MR) is 262 cm³/mol. The zero-order chi connectivity index (χ0) is 46.6. The van der Waals surface area contributed by atoms with Crippen molar-refractivity contribution in [3.63, 3.8) is 0 Å². The molecular weight excluding hydrogens is 975 g/mol. The van der Waals surface area contributed by atoms with Crippen LogP contribution in [-0.2, 0) is 23.1 Å². The first kappa shape index (κ1) is 49.2. The van der Waals surface area contributed by atoms with Gasteiger partial charge in [0.05, 0.1) is 52.5 Å². The van der Waals surface area contributed by atoms with E-state index in [4.69, 9.17) is 27.9 Å². The van der Waals surface area contributed by atoms with Gasteiger partial charge in [-0.05, 0) is 187 Å². The van der Waals surface area contributed by atoms with Crippen molar-refractivity contribution < 1.29 is 22.7 Å². The highest BCUT2D eigenvalue weighted by molar-refractivity contribution is 14.1. The molecule has 1 aliphatic carbocycles. The first-order chi connectivity index (χ1) is 30.1. The topological polar surface area (TPSA) is 102 Å². The number of anilines is 3. The molecule has 64 heavy (non-hydrogen) atoms. The molecule has 1 amide bonds. The fourth-order valence-corrected chi connectivity index (χ4v) is 9.21. The Balaban J connectivity index is 0.000000228. The summed E-state index contributed by atoms with van der Waals surface area (Å²) in [6.07, 6.45) is 3.68. The lowest BCUT2D eigenvalue weighted by Gasteiger charge is -2.38. The fourth-order valence-electron chi connectivity index (χ4n) is 8.04. The van der Waals surface area contributed by atoms with Crippen LogP contribution >= 0.6 is 45.8 Å². The minimum Gasteiger partial charge on any atom is -0.443 e. The Bertz CT molecular complexity index is 2450. The number of aromatic nitrogens is 2. The van der Waals surface area contributed by atoms with Crippen LogP contribution in [0.2, 0.25) is 10.0 Å². The Hall–Kier alpha value is -4.19. The maximum atomic E-state index is 13.5. The highest BCUT2D eigenvalue weighted by Crippen LogP contribution is 2.40. The molecule has 2 aromatic carbocycles. The molecule has 4 heterocycles. The van der Waals surface area contributed by atoms with Crippen molar-refractivity contribution in [2.24, 2.45) is 0 Å². The van der Waals surface area contributed by atoms with E-state index in [-0.39, 0.29) is 30.4 Å². The molecule has 3 aliphatic rings. The van der Waals surface area contributed by atoms with Crippen molar-refractivity contribution in [2.45, 2.75) is 103 Å². The zero-order valence-corrected chi connectivity index (χ0v) is 41.1. The number of piperidine rings is 2. The monoisotopic (exact) mass is 1030 g/mol. The van der Waals surface area contributed by atoms with E-state index in [0.29, 0.717) is 32.3 Å². The van der Waals surface area contributed by atoms with Crippen LogP contribution in [0.4, 0.5) is 35.0 Å². The molecule has 16 heteroatoms. The normalized spacial score (nSPS) is 16.5. The maximum absolute atomic E-state index is 13.5. The van der Waals surface area contributed by atoms with E-state index >= 15 is 0 Å². The Kier molecular flexibility index (Phi) is 15.8. The van der Waals surface area contributed by atoms with E-state index in [0.717, 1.165) is 75.2 Å². The van der Waals surface area contributed by atoms with Crippen LogP contribution < -0.4 is 15.5 Å². The Morgan fingerprint density at radius 2 is 1.62 bits per heavy atom. The van der Waals surface area contributed by atoms with Gasteiger partial charge in [0.25, 0.3) is 0 Å². The van der Waals surface area contributed by atoms with Gasteiger partial charge < -0.3 is 29.7 Å². The van der Waals surface area contributed by atoms with Crippen LogP contribution in [0.25, 0.3) is 17.0 Å². The number of rotatable bonds is 8. The standard InChI is InChI=1S/C28H30ClF3N6.C20H26ClIN2O2/c1-27(2,17-33)26-7-6-21(16-35-26)34-10-4-5-22-15-23-24(36-20-8-11-37(3)12-9-20)13-19(29)14-25(23)38(22)18-28(30,31)32;1-20(2,3)26-19(25)24(16-5-7-23(4)8-6-16)18-11-14(21)9-13-10-15(22)12-17(13)18/h6-7,13-16,20,34,36H,8-12,18H2,1-3H3;9,11-12,16H,5-8,10H2,1-4H3. The lowest BCUT2D eigenvalue weighted by Crippen LogP contribution is -2.48. The summed E-state index contributed by atoms with van der Waals surface area (Å²) in [6.45, 7) is 12.2. The van der Waals surface area contributed by atoms with Crippen molar-refractivity contribution in [3.8, 4) is 17.9 Å². The number of amides is 1. The van der Waals surface area contributed by atoms with Crippen molar-refractivity contribution in [1.29, 1.82) is 5.26 Å². The van der Waals surface area contributed by atoms with E-state index in [2.05, 4.69) is 86.1 Å². The van der Waals surface area contributed by atoms with E-state index in [1.807, 2.05) is 37.8 Å². The highest BCUT2D eigenvalue weighted by Gasteiger charge is 2.35. The van der Waals surface area contributed by atoms with Gasteiger partial charge >= 0.3 is 12.3 Å². The number of nitrogens with one attached hydrogen (secondary N) is 2. The number of benzene rings is 2. The number of alkyl halides is 3. The largest absolute Gasteiger partial charge is 0.443 e. The zero-order valence-electron chi connectivity index (χ0n) is 37.4. The van der Waals surface area contributed by atoms with Crippen LogP contribution in [0, 0.1) is 23.2 Å². The summed E-state index contributed by atoms with van der Waals surface area (Å²) in [6, 6.07) is 15.1. The van der Waals surface area contributed by atoms with E-state index in [1.165, 1.54) is 13.7 Å². The third-order valence-electron chi connectivity index (χ3n) is 11.5. The number of carbonyl (C=O) groups excluding carboxylic acids is 1. The third kappa shape index (κ3) is 13.0. The molecule has 2 N–H and O–H groups in total. The molecule has 4 aromatic rings. The van der Waals surface area contributed by atoms with Crippen molar-refractivity contribution >= 4 is 85.9 Å². The number of hydrogen-bond donors (Lipinski definition) is 2. The van der Waals surface area contributed by atoms with Crippen molar-refractivity contribution in [3.05, 3.63) is 84.8 Å². The SMILES string of the molecule is CN1CCC(N(C(=O)OC(C)(C)C)c2cc(Cl)cc3c2C=C(I)C3)CC1.CN1CCC(Nc2cc(Cl)cc3c2cc(C#CCNc2ccc(C(C)(C)C#N)nc2)n3CC(F)(F)F)CC1. The number of halogens is 6. The first-order valence-corrected chi connectivity index (χ1v) is 23.3. The number of nitrogens with zero attached hydrogens (tertiary/aromatic N) is 6. The highest BCUT2D eigenvalue weighted by atomic mass is 127. The summed E-state index contributed by atoms with van der Waals surface area (Å²) in [4.78, 5) is 23.9. The quantitative estimate of drug-likeness (QED) is 0.133. The average Bonchev–Trinajstić information content (AvgIpc) is 3.75. The molecule has 2 saturated heterocycles. The lowest BCUT2D eigenvalue weighted by molar-refractivity contribution is -0.140. The van der Waals surface area contributed by atoms with Gasteiger partial charge in [-0.15, -0.1) is 0 Å². The second kappa shape index (κ2) is 20.5. The molecular formula is C48H56Cl2F3IN8O2. The van der Waals surface area contributed by atoms with Gasteiger partial charge in [-0.25, -0.2) is 4.79 Å². The molecule has 0 radical (unpaired) electrons. The molecule has 7 rings (SSSR count). The minimum absolute atomic E-state index is 0.121. The van der Waals surface area contributed by atoms with Gasteiger partial charge in [-0.3, -0.25) is 9.88 Å². The van der Waals surface area contributed by atoms with Crippen LogP contribution in [0.15, 0.2) is 52.2 Å². The summed E-state index contributed by atoms with van der Waals surface area (Å²) in [5.74, 6) is 5.83. The predicted octanol–water partition coefficient (Wildman–Crippen LogP) is 11.5. The number of pyridine rings is 1. The molecule has 0 bridgehead atoms. The summed E-state index contributed by atoms with van der Waals surface area (Å²) in [5, 5.41) is 17.6.